The van der Waals surface area contributed by atoms with Crippen molar-refractivity contribution in [3.63, 3.8) is 0 Å². The van der Waals surface area contributed by atoms with Gasteiger partial charge < -0.3 is 9.47 Å². The zero-order valence-corrected chi connectivity index (χ0v) is 9.69. The van der Waals surface area contributed by atoms with Gasteiger partial charge in [-0.05, 0) is 43.1 Å². The van der Waals surface area contributed by atoms with Crippen LogP contribution in [0.5, 0.6) is 0 Å². The lowest BCUT2D eigenvalue weighted by Crippen LogP contribution is -2.38. The van der Waals surface area contributed by atoms with Gasteiger partial charge in [0.25, 0.3) is 0 Å². The predicted molar refractivity (Wildman–Crippen MR) is 64.9 cm³/mol. The van der Waals surface area contributed by atoms with Crippen molar-refractivity contribution in [3.8, 4) is 0 Å². The van der Waals surface area contributed by atoms with Gasteiger partial charge in [0.05, 0.1) is 0 Å². The molecule has 0 aromatic carbocycles. The summed E-state index contributed by atoms with van der Waals surface area (Å²) in [4.78, 5) is 10.7. The average Bonchev–Trinajstić information content (AvgIpc) is 3.07. The zero-order chi connectivity index (χ0) is 11.6. The van der Waals surface area contributed by atoms with Crippen molar-refractivity contribution in [3.05, 3.63) is 37.9 Å². The van der Waals surface area contributed by atoms with E-state index in [0.29, 0.717) is 5.54 Å². The number of rotatable bonds is 0. The van der Waals surface area contributed by atoms with Crippen molar-refractivity contribution in [2.45, 2.75) is 31.3 Å². The Morgan fingerprint density at radius 2 is 2.12 bits per heavy atom. The lowest BCUT2D eigenvalue weighted by Gasteiger charge is -2.43. The standard InChI is InChI=1S/C13H14N4/c1-16-7-11-9(5-13(16)3-4-13)12-10(17(11)2)6-14-8-15-12/h6,8H,1-5,7H2/q-2. The van der Waals surface area contributed by atoms with E-state index >= 15 is 0 Å². The summed E-state index contributed by atoms with van der Waals surface area (Å²) in [6.45, 7) is 0.870. The maximum Gasteiger partial charge on any atom is 0.113 e. The molecule has 4 nitrogen and oxygen atoms in total. The number of hydrogen-bond acceptors (Lipinski definition) is 3. The van der Waals surface area contributed by atoms with Crippen LogP contribution >= 0.6 is 0 Å². The summed E-state index contributed by atoms with van der Waals surface area (Å²) >= 11 is 0. The van der Waals surface area contributed by atoms with Gasteiger partial charge in [-0.15, -0.1) is 7.05 Å². The van der Waals surface area contributed by atoms with Gasteiger partial charge in [0.1, 0.15) is 6.33 Å². The molecule has 4 rings (SSSR count). The highest BCUT2D eigenvalue weighted by Gasteiger charge is 2.45. The quantitative estimate of drug-likeness (QED) is 0.642. The molecule has 1 aliphatic carbocycles. The van der Waals surface area contributed by atoms with E-state index in [0.717, 1.165) is 24.0 Å². The molecule has 0 amide bonds. The van der Waals surface area contributed by atoms with E-state index < -0.39 is 0 Å². The number of aromatic nitrogens is 3. The molecule has 0 radical (unpaired) electrons. The summed E-state index contributed by atoms with van der Waals surface area (Å²) in [7, 11) is 8.29. The van der Waals surface area contributed by atoms with Gasteiger partial charge in [-0.1, -0.05) is 11.3 Å². The molecule has 2 aromatic heterocycles. The summed E-state index contributed by atoms with van der Waals surface area (Å²) in [6, 6.07) is 0. The molecule has 0 saturated heterocycles. The van der Waals surface area contributed by atoms with Crippen LogP contribution in [0.15, 0.2) is 12.5 Å². The Balaban J connectivity index is 2.00. The Morgan fingerprint density at radius 1 is 1.29 bits per heavy atom. The molecule has 1 aliphatic heterocycles. The minimum atomic E-state index is 0.312. The van der Waals surface area contributed by atoms with Gasteiger partial charge in [0, 0.05) is 5.52 Å². The average molecular weight is 226 g/mol. The SMILES string of the molecule is [CH2-]N1Cc2c(c3ncncc3n2[CH2-])CC12CC2. The zero-order valence-electron chi connectivity index (χ0n) is 9.69. The normalized spacial score (nSPS) is 21.9. The van der Waals surface area contributed by atoms with Crippen molar-refractivity contribution >= 4 is 11.0 Å². The van der Waals surface area contributed by atoms with E-state index in [4.69, 9.17) is 0 Å². The highest BCUT2D eigenvalue weighted by Crippen LogP contribution is 2.49. The molecule has 2 aromatic rings. The van der Waals surface area contributed by atoms with Crippen LogP contribution in [0.3, 0.4) is 0 Å². The predicted octanol–water partition coefficient (Wildman–Crippen LogP) is 1.75. The molecule has 0 N–H and O–H groups in total. The van der Waals surface area contributed by atoms with Gasteiger partial charge in [-0.3, -0.25) is 12.0 Å². The summed E-state index contributed by atoms with van der Waals surface area (Å²) in [6.07, 6.45) is 7.04. The van der Waals surface area contributed by atoms with Crippen molar-refractivity contribution < 1.29 is 0 Å². The molecular formula is C13H14N4-2. The third kappa shape index (κ3) is 1.08. The highest BCUT2D eigenvalue weighted by atomic mass is 15.2. The van der Waals surface area contributed by atoms with Gasteiger partial charge in [-0.25, -0.2) is 4.98 Å². The molecule has 4 heteroatoms. The van der Waals surface area contributed by atoms with E-state index in [2.05, 4.69) is 29.0 Å². The van der Waals surface area contributed by atoms with Crippen molar-refractivity contribution in [2.24, 2.45) is 0 Å². The van der Waals surface area contributed by atoms with E-state index in [-0.39, 0.29) is 0 Å². The Hall–Kier alpha value is -1.55. The fourth-order valence-corrected chi connectivity index (χ4v) is 2.99. The molecule has 1 saturated carbocycles. The molecule has 17 heavy (non-hydrogen) atoms. The topological polar surface area (TPSA) is 34.0 Å². The van der Waals surface area contributed by atoms with E-state index in [9.17, 15) is 0 Å². The molecule has 88 valence electrons. The van der Waals surface area contributed by atoms with Crippen LogP contribution in [-0.2, 0) is 13.0 Å². The smallest absolute Gasteiger partial charge is 0.113 e. The van der Waals surface area contributed by atoms with Gasteiger partial charge in [-0.2, -0.15) is 0 Å². The fourth-order valence-electron chi connectivity index (χ4n) is 2.99. The number of hydrogen-bond donors (Lipinski definition) is 0. The summed E-state index contributed by atoms with van der Waals surface area (Å²) in [5.41, 5.74) is 5.02. The lowest BCUT2D eigenvalue weighted by molar-refractivity contribution is 0.218. The fraction of sp³-hybridized carbons (Fsp3) is 0.385. The van der Waals surface area contributed by atoms with Crippen LogP contribution < -0.4 is 0 Å². The molecule has 0 unspecified atom stereocenters. The number of fused-ring (bicyclic) bond motifs is 3. The maximum atomic E-state index is 4.42. The second kappa shape index (κ2) is 2.82. The van der Waals surface area contributed by atoms with Crippen molar-refractivity contribution in [2.75, 3.05) is 0 Å². The summed E-state index contributed by atoms with van der Waals surface area (Å²) in [5, 5.41) is 0. The number of nitrogens with zero attached hydrogens (tertiary/aromatic N) is 4. The largest absolute Gasteiger partial charge is 0.481 e. The molecule has 1 spiro atoms. The first-order valence-corrected chi connectivity index (χ1v) is 5.92. The Labute approximate surface area is 100 Å². The monoisotopic (exact) mass is 226 g/mol. The van der Waals surface area contributed by atoms with Crippen LogP contribution in [0, 0.1) is 14.1 Å². The first kappa shape index (κ1) is 9.48. The second-order valence-electron chi connectivity index (χ2n) is 5.21. The Morgan fingerprint density at radius 3 is 2.88 bits per heavy atom. The molecule has 0 atom stereocenters. The van der Waals surface area contributed by atoms with E-state index in [1.54, 1.807) is 6.33 Å². The third-order valence-corrected chi connectivity index (χ3v) is 4.29. The van der Waals surface area contributed by atoms with E-state index in [1.807, 2.05) is 10.8 Å². The van der Waals surface area contributed by atoms with Crippen molar-refractivity contribution in [1.82, 2.24) is 19.4 Å². The molecule has 2 aliphatic rings. The molecule has 0 bridgehead atoms. The van der Waals surface area contributed by atoms with Gasteiger partial charge in [0.2, 0.25) is 0 Å². The molecule has 1 fully saturated rings. The van der Waals surface area contributed by atoms with Crippen LogP contribution in [-0.4, -0.2) is 25.0 Å². The van der Waals surface area contributed by atoms with Crippen LogP contribution in [0.25, 0.3) is 11.0 Å². The summed E-state index contributed by atoms with van der Waals surface area (Å²) < 4.78 is 1.97. The minimum Gasteiger partial charge on any atom is -0.481 e. The minimum absolute atomic E-state index is 0.312. The van der Waals surface area contributed by atoms with Crippen molar-refractivity contribution in [1.29, 1.82) is 0 Å². The van der Waals surface area contributed by atoms with Crippen LogP contribution in [0.1, 0.15) is 24.1 Å². The Bertz CT molecular complexity index is 609. The molecular weight excluding hydrogens is 212 g/mol. The second-order valence-corrected chi connectivity index (χ2v) is 5.21. The van der Waals surface area contributed by atoms with Gasteiger partial charge >= 0.3 is 0 Å². The molecule has 3 heterocycles. The first-order valence-electron chi connectivity index (χ1n) is 5.92. The third-order valence-electron chi connectivity index (χ3n) is 4.29. The lowest BCUT2D eigenvalue weighted by atomic mass is 9.97. The van der Waals surface area contributed by atoms with Crippen LogP contribution in [0.4, 0.5) is 0 Å². The van der Waals surface area contributed by atoms with Gasteiger partial charge in [0.15, 0.2) is 0 Å². The Kier molecular flexibility index (Phi) is 1.57. The van der Waals surface area contributed by atoms with Crippen LogP contribution in [0.2, 0.25) is 0 Å². The maximum absolute atomic E-state index is 4.42. The summed E-state index contributed by atoms with van der Waals surface area (Å²) in [5.74, 6) is 0. The highest BCUT2D eigenvalue weighted by molar-refractivity contribution is 5.81. The van der Waals surface area contributed by atoms with E-state index in [1.165, 1.54) is 24.1 Å². The first-order chi connectivity index (χ1) is 8.21.